The van der Waals surface area contributed by atoms with Crippen molar-refractivity contribution < 1.29 is 4.79 Å². The molecular weight excluding hydrogens is 190 g/mol. The Balaban J connectivity index is 2.53. The number of carbonyl (C=O) groups excluding carboxylic acids is 1. The number of imidazole rings is 1. The van der Waals surface area contributed by atoms with Crippen LogP contribution in [0.4, 0.5) is 0 Å². The van der Waals surface area contributed by atoms with Crippen LogP contribution in [0.1, 0.15) is 17.3 Å². The van der Waals surface area contributed by atoms with E-state index in [0.29, 0.717) is 5.56 Å². The van der Waals surface area contributed by atoms with Gasteiger partial charge in [0.2, 0.25) is 0 Å². The number of rotatable bonds is 3. The normalized spacial score (nSPS) is 10.8. The van der Waals surface area contributed by atoms with Crippen LogP contribution >= 0.6 is 0 Å². The number of Topliss-reactive ketones (excluding diaryl/α,β-unsaturated/α-hetero) is 1. The van der Waals surface area contributed by atoms with Crippen molar-refractivity contribution in [3.63, 3.8) is 0 Å². The van der Waals surface area contributed by atoms with E-state index >= 15 is 0 Å². The lowest BCUT2D eigenvalue weighted by Gasteiger charge is -2.00. The van der Waals surface area contributed by atoms with E-state index in [9.17, 15) is 4.79 Å². The number of nitrogens with zero attached hydrogens (tertiary/aromatic N) is 2. The predicted molar refractivity (Wildman–Crippen MR) is 58.8 cm³/mol. The quantitative estimate of drug-likeness (QED) is 0.762. The summed E-state index contributed by atoms with van der Waals surface area (Å²) < 4.78 is 2.03. The van der Waals surface area contributed by atoms with Crippen molar-refractivity contribution in [1.82, 2.24) is 9.55 Å². The van der Waals surface area contributed by atoms with E-state index in [1.54, 1.807) is 18.5 Å². The largest absolute Gasteiger partial charge is 0.331 e. The topological polar surface area (TPSA) is 60.9 Å². The molecule has 0 saturated heterocycles. The highest BCUT2D eigenvalue weighted by Crippen LogP contribution is 2.15. The lowest BCUT2D eigenvalue weighted by atomic mass is 10.1. The summed E-state index contributed by atoms with van der Waals surface area (Å²) >= 11 is 0. The molecule has 78 valence electrons. The molecule has 1 aromatic carbocycles. The fraction of sp³-hybridized carbons (Fsp3) is 0.273. The van der Waals surface area contributed by atoms with Crippen LogP contribution in [0.15, 0.2) is 24.5 Å². The number of benzene rings is 1. The van der Waals surface area contributed by atoms with Gasteiger partial charge < -0.3 is 10.3 Å². The van der Waals surface area contributed by atoms with Crippen molar-refractivity contribution in [2.24, 2.45) is 5.73 Å². The van der Waals surface area contributed by atoms with Crippen LogP contribution < -0.4 is 5.73 Å². The van der Waals surface area contributed by atoms with Crippen molar-refractivity contribution >= 4 is 16.8 Å². The first kappa shape index (κ1) is 9.86. The molecule has 2 N–H and O–H groups in total. The SMILES string of the molecule is CCn1cnc2cc(C(=O)CN)ccc21. The molecule has 0 bridgehead atoms. The van der Waals surface area contributed by atoms with E-state index in [1.165, 1.54) is 0 Å². The molecule has 0 amide bonds. The van der Waals surface area contributed by atoms with E-state index in [1.807, 2.05) is 10.6 Å². The van der Waals surface area contributed by atoms with Gasteiger partial charge >= 0.3 is 0 Å². The third kappa shape index (κ3) is 1.64. The molecule has 0 unspecified atom stereocenters. The van der Waals surface area contributed by atoms with Gasteiger partial charge in [-0.1, -0.05) is 0 Å². The second-order valence-electron chi connectivity index (χ2n) is 3.36. The molecule has 1 heterocycles. The zero-order chi connectivity index (χ0) is 10.8. The first-order valence-electron chi connectivity index (χ1n) is 4.94. The number of hydrogen-bond donors (Lipinski definition) is 1. The molecular formula is C11H13N3O. The lowest BCUT2D eigenvalue weighted by Crippen LogP contribution is -2.13. The number of ketones is 1. The number of hydrogen-bond acceptors (Lipinski definition) is 3. The highest BCUT2D eigenvalue weighted by atomic mass is 16.1. The maximum atomic E-state index is 11.4. The van der Waals surface area contributed by atoms with Crippen LogP contribution in [0, 0.1) is 0 Å². The van der Waals surface area contributed by atoms with Gasteiger partial charge in [0, 0.05) is 12.1 Å². The van der Waals surface area contributed by atoms with Crippen molar-refractivity contribution in [2.75, 3.05) is 6.54 Å². The Kier molecular flexibility index (Phi) is 2.51. The minimum atomic E-state index is -0.0528. The Morgan fingerprint density at radius 1 is 1.53 bits per heavy atom. The molecule has 0 fully saturated rings. The second-order valence-corrected chi connectivity index (χ2v) is 3.36. The first-order chi connectivity index (χ1) is 7.26. The molecule has 0 saturated carbocycles. The van der Waals surface area contributed by atoms with Gasteiger partial charge in [-0.25, -0.2) is 4.98 Å². The molecule has 0 aliphatic heterocycles. The molecule has 1 aromatic heterocycles. The smallest absolute Gasteiger partial charge is 0.176 e. The van der Waals surface area contributed by atoms with Crippen molar-refractivity contribution in [1.29, 1.82) is 0 Å². The van der Waals surface area contributed by atoms with Gasteiger partial charge in [-0.3, -0.25) is 4.79 Å². The molecule has 0 aliphatic carbocycles. The third-order valence-corrected chi connectivity index (χ3v) is 2.47. The summed E-state index contributed by atoms with van der Waals surface area (Å²) in [6.45, 7) is 2.97. The summed E-state index contributed by atoms with van der Waals surface area (Å²) in [4.78, 5) is 15.6. The number of aryl methyl sites for hydroxylation is 1. The number of fused-ring (bicyclic) bond motifs is 1. The van der Waals surface area contributed by atoms with Gasteiger partial charge in [0.05, 0.1) is 23.9 Å². The van der Waals surface area contributed by atoms with Crippen molar-refractivity contribution in [3.05, 3.63) is 30.1 Å². The van der Waals surface area contributed by atoms with Gasteiger partial charge in [-0.2, -0.15) is 0 Å². The summed E-state index contributed by atoms with van der Waals surface area (Å²) in [6.07, 6.45) is 1.78. The summed E-state index contributed by atoms with van der Waals surface area (Å²) in [5.41, 5.74) is 7.83. The molecule has 15 heavy (non-hydrogen) atoms. The molecule has 0 aliphatic rings. The minimum absolute atomic E-state index is 0.0417. The first-order valence-corrected chi connectivity index (χ1v) is 4.94. The molecule has 0 radical (unpaired) electrons. The Morgan fingerprint density at radius 2 is 2.33 bits per heavy atom. The number of nitrogens with two attached hydrogens (primary N) is 1. The molecule has 2 aromatic rings. The van der Waals surface area contributed by atoms with Gasteiger partial charge in [0.25, 0.3) is 0 Å². The monoisotopic (exact) mass is 203 g/mol. The summed E-state index contributed by atoms with van der Waals surface area (Å²) in [5, 5.41) is 0. The van der Waals surface area contributed by atoms with Crippen molar-refractivity contribution in [3.8, 4) is 0 Å². The van der Waals surface area contributed by atoms with Crippen LogP contribution in [0.25, 0.3) is 11.0 Å². The summed E-state index contributed by atoms with van der Waals surface area (Å²) in [5.74, 6) is -0.0528. The Labute approximate surface area is 87.7 Å². The van der Waals surface area contributed by atoms with Crippen LogP contribution in [-0.2, 0) is 6.54 Å². The molecule has 2 rings (SSSR count). The van der Waals surface area contributed by atoms with Crippen LogP contribution in [-0.4, -0.2) is 21.9 Å². The van der Waals surface area contributed by atoms with Gasteiger partial charge in [0.15, 0.2) is 5.78 Å². The van der Waals surface area contributed by atoms with E-state index in [4.69, 9.17) is 5.73 Å². The molecule has 0 spiro atoms. The highest BCUT2D eigenvalue weighted by Gasteiger charge is 2.06. The number of aromatic nitrogens is 2. The highest BCUT2D eigenvalue weighted by molar-refractivity contribution is 6.00. The number of carbonyl (C=O) groups is 1. The van der Waals surface area contributed by atoms with E-state index in [0.717, 1.165) is 17.6 Å². The maximum absolute atomic E-state index is 11.4. The minimum Gasteiger partial charge on any atom is -0.331 e. The fourth-order valence-corrected chi connectivity index (χ4v) is 1.61. The third-order valence-electron chi connectivity index (χ3n) is 2.47. The van der Waals surface area contributed by atoms with Gasteiger partial charge in [-0.05, 0) is 25.1 Å². The van der Waals surface area contributed by atoms with Crippen molar-refractivity contribution in [2.45, 2.75) is 13.5 Å². The van der Waals surface area contributed by atoms with E-state index in [-0.39, 0.29) is 12.3 Å². The fourth-order valence-electron chi connectivity index (χ4n) is 1.61. The maximum Gasteiger partial charge on any atom is 0.176 e. The molecule has 0 atom stereocenters. The Hall–Kier alpha value is -1.68. The average molecular weight is 203 g/mol. The van der Waals surface area contributed by atoms with Crippen LogP contribution in [0.2, 0.25) is 0 Å². The van der Waals surface area contributed by atoms with Crippen LogP contribution in [0.3, 0.4) is 0 Å². The summed E-state index contributed by atoms with van der Waals surface area (Å²) in [6, 6.07) is 5.50. The molecule has 4 heteroatoms. The van der Waals surface area contributed by atoms with Crippen LogP contribution in [0.5, 0.6) is 0 Å². The van der Waals surface area contributed by atoms with E-state index in [2.05, 4.69) is 11.9 Å². The summed E-state index contributed by atoms with van der Waals surface area (Å²) in [7, 11) is 0. The molecule has 4 nitrogen and oxygen atoms in total. The average Bonchev–Trinajstić information content (AvgIpc) is 2.69. The van der Waals surface area contributed by atoms with Gasteiger partial charge in [0.1, 0.15) is 0 Å². The zero-order valence-corrected chi connectivity index (χ0v) is 8.60. The predicted octanol–water partition coefficient (Wildman–Crippen LogP) is 1.20. The zero-order valence-electron chi connectivity index (χ0n) is 8.60. The lowest BCUT2D eigenvalue weighted by molar-refractivity contribution is 0.100. The Morgan fingerprint density at radius 3 is 3.00 bits per heavy atom. The Bertz CT molecular complexity index is 502. The van der Waals surface area contributed by atoms with E-state index < -0.39 is 0 Å². The second kappa shape index (κ2) is 3.82. The van der Waals surface area contributed by atoms with Gasteiger partial charge in [-0.15, -0.1) is 0 Å². The standard InChI is InChI=1S/C11H13N3O/c1-2-14-7-13-9-5-8(11(15)6-12)3-4-10(9)14/h3-5,7H,2,6,12H2,1H3.